The van der Waals surface area contributed by atoms with Gasteiger partial charge in [-0.05, 0) is 24.2 Å². The normalized spacial score (nSPS) is 29.3. The van der Waals surface area contributed by atoms with E-state index in [1.807, 2.05) is 13.8 Å². The van der Waals surface area contributed by atoms with Crippen molar-refractivity contribution in [1.82, 2.24) is 14.9 Å². The van der Waals surface area contributed by atoms with Crippen molar-refractivity contribution < 1.29 is 9.90 Å². The maximum absolute atomic E-state index is 11.4. The van der Waals surface area contributed by atoms with Crippen LogP contribution in [0.2, 0.25) is 4.34 Å². The van der Waals surface area contributed by atoms with Crippen molar-refractivity contribution in [2.75, 3.05) is 0 Å². The zero-order chi connectivity index (χ0) is 14.9. The van der Waals surface area contributed by atoms with Gasteiger partial charge in [-0.2, -0.15) is 0 Å². The molecule has 20 heavy (non-hydrogen) atoms. The number of hydrogen-bond acceptors (Lipinski definition) is 5. The molecule has 2 rings (SSSR count). The molecule has 1 saturated carbocycles. The standard InChI is InChI=1S/C13H20ClN3O2S/c1-7-9(15-6-10-11(14)20-17-16-10)5-4-8(12(18)19)13(7,2)3/h7-9,15H,4-6H2,1-3H3,(H,18,19). The van der Waals surface area contributed by atoms with E-state index in [0.717, 1.165) is 12.1 Å². The van der Waals surface area contributed by atoms with E-state index < -0.39 is 5.97 Å². The molecule has 0 saturated heterocycles. The van der Waals surface area contributed by atoms with Crippen LogP contribution >= 0.6 is 23.1 Å². The number of halogens is 1. The molecule has 0 amide bonds. The Kier molecular flexibility index (Phi) is 4.66. The average Bonchev–Trinajstić information content (AvgIpc) is 2.76. The van der Waals surface area contributed by atoms with Gasteiger partial charge in [0.15, 0.2) is 0 Å². The van der Waals surface area contributed by atoms with Gasteiger partial charge in [-0.3, -0.25) is 4.79 Å². The topological polar surface area (TPSA) is 75.1 Å². The monoisotopic (exact) mass is 317 g/mol. The van der Waals surface area contributed by atoms with E-state index in [2.05, 4.69) is 21.8 Å². The van der Waals surface area contributed by atoms with Crippen LogP contribution in [0.25, 0.3) is 0 Å². The van der Waals surface area contributed by atoms with Gasteiger partial charge in [0.25, 0.3) is 0 Å². The molecule has 0 aliphatic heterocycles. The van der Waals surface area contributed by atoms with Gasteiger partial charge in [0, 0.05) is 24.1 Å². The Hall–Kier alpha value is -0.720. The predicted octanol–water partition coefficient (Wildman–Crippen LogP) is 2.81. The summed E-state index contributed by atoms with van der Waals surface area (Å²) in [6.07, 6.45) is 1.56. The van der Waals surface area contributed by atoms with Crippen LogP contribution in [0.3, 0.4) is 0 Å². The number of carboxylic acid groups (broad SMARTS) is 1. The number of aromatic nitrogens is 2. The molecule has 3 unspecified atom stereocenters. The van der Waals surface area contributed by atoms with Crippen molar-refractivity contribution in [3.05, 3.63) is 10.0 Å². The first-order valence-corrected chi connectivity index (χ1v) is 7.92. The second kappa shape index (κ2) is 5.95. The van der Waals surface area contributed by atoms with E-state index in [1.54, 1.807) is 0 Å². The number of hydrogen-bond donors (Lipinski definition) is 2. The minimum absolute atomic E-state index is 0.230. The number of rotatable bonds is 4. The molecule has 2 N–H and O–H groups in total. The molecule has 7 heteroatoms. The van der Waals surface area contributed by atoms with E-state index in [0.29, 0.717) is 17.3 Å². The second-order valence-corrected chi connectivity index (χ2v) is 7.42. The molecule has 5 nitrogen and oxygen atoms in total. The lowest BCUT2D eigenvalue weighted by molar-refractivity contribution is -0.150. The molecule has 1 heterocycles. The summed E-state index contributed by atoms with van der Waals surface area (Å²) in [7, 11) is 0. The first kappa shape index (κ1) is 15.7. The number of carbonyl (C=O) groups is 1. The first-order chi connectivity index (χ1) is 9.34. The summed E-state index contributed by atoms with van der Waals surface area (Å²) >= 11 is 7.17. The highest BCUT2D eigenvalue weighted by Gasteiger charge is 2.46. The van der Waals surface area contributed by atoms with E-state index >= 15 is 0 Å². The third-order valence-electron chi connectivity index (χ3n) is 4.78. The summed E-state index contributed by atoms with van der Waals surface area (Å²) < 4.78 is 4.42. The van der Waals surface area contributed by atoms with Gasteiger partial charge in [-0.1, -0.05) is 36.9 Å². The molecule has 1 fully saturated rings. The minimum atomic E-state index is -0.688. The summed E-state index contributed by atoms with van der Waals surface area (Å²) in [6.45, 7) is 6.79. The molecule has 0 radical (unpaired) electrons. The van der Waals surface area contributed by atoms with Crippen LogP contribution in [-0.4, -0.2) is 26.7 Å². The van der Waals surface area contributed by atoms with Crippen LogP contribution in [-0.2, 0) is 11.3 Å². The number of carboxylic acids is 1. The third kappa shape index (κ3) is 2.97. The largest absolute Gasteiger partial charge is 0.481 e. The van der Waals surface area contributed by atoms with Crippen LogP contribution in [0.1, 0.15) is 39.3 Å². The molecule has 0 spiro atoms. The van der Waals surface area contributed by atoms with Crippen LogP contribution in [0, 0.1) is 17.3 Å². The van der Waals surface area contributed by atoms with E-state index in [4.69, 9.17) is 11.6 Å². The lowest BCUT2D eigenvalue weighted by atomic mass is 9.61. The van der Waals surface area contributed by atoms with E-state index in [-0.39, 0.29) is 23.3 Å². The highest BCUT2D eigenvalue weighted by Crippen LogP contribution is 2.45. The SMILES string of the molecule is CC1C(NCc2nnsc2Cl)CCC(C(=O)O)C1(C)C. The molecular weight excluding hydrogens is 298 g/mol. The molecule has 1 aliphatic rings. The highest BCUT2D eigenvalue weighted by atomic mass is 35.5. The fourth-order valence-electron chi connectivity index (χ4n) is 3.05. The average molecular weight is 318 g/mol. The van der Waals surface area contributed by atoms with Gasteiger partial charge < -0.3 is 10.4 Å². The van der Waals surface area contributed by atoms with Gasteiger partial charge in [-0.15, -0.1) is 5.10 Å². The summed E-state index contributed by atoms with van der Waals surface area (Å²) in [6, 6.07) is 0.276. The molecule has 112 valence electrons. The van der Waals surface area contributed by atoms with Gasteiger partial charge in [0.1, 0.15) is 10.0 Å². The third-order valence-corrected chi connectivity index (χ3v) is 5.77. The molecule has 0 bridgehead atoms. The van der Waals surface area contributed by atoms with Gasteiger partial charge in [0.05, 0.1) is 5.92 Å². The summed E-state index contributed by atoms with van der Waals surface area (Å²) in [5.74, 6) is -0.699. The summed E-state index contributed by atoms with van der Waals surface area (Å²) in [5, 5.41) is 16.8. The summed E-state index contributed by atoms with van der Waals surface area (Å²) in [4.78, 5) is 11.4. The highest BCUT2D eigenvalue weighted by molar-refractivity contribution is 7.10. The second-order valence-electron chi connectivity index (χ2n) is 6.06. The fraction of sp³-hybridized carbons (Fsp3) is 0.769. The van der Waals surface area contributed by atoms with E-state index in [1.165, 1.54) is 11.5 Å². The van der Waals surface area contributed by atoms with Gasteiger partial charge >= 0.3 is 5.97 Å². The molecule has 1 aromatic rings. The van der Waals surface area contributed by atoms with Crippen LogP contribution in [0.5, 0.6) is 0 Å². The van der Waals surface area contributed by atoms with Crippen molar-refractivity contribution in [2.24, 2.45) is 17.3 Å². The number of nitrogens with one attached hydrogen (secondary N) is 1. The zero-order valence-corrected chi connectivity index (χ0v) is 13.5. The van der Waals surface area contributed by atoms with E-state index in [9.17, 15) is 9.90 Å². The molecule has 3 atom stereocenters. The Labute approximate surface area is 127 Å². The first-order valence-electron chi connectivity index (χ1n) is 6.77. The Balaban J connectivity index is 2.01. The fourth-order valence-corrected chi connectivity index (χ4v) is 3.68. The van der Waals surface area contributed by atoms with Crippen molar-refractivity contribution >= 4 is 29.1 Å². The quantitative estimate of drug-likeness (QED) is 0.893. The van der Waals surface area contributed by atoms with Gasteiger partial charge in [-0.25, -0.2) is 0 Å². The molecular formula is C13H20ClN3O2S. The molecule has 0 aromatic carbocycles. The zero-order valence-electron chi connectivity index (χ0n) is 11.9. The van der Waals surface area contributed by atoms with Gasteiger partial charge in [0.2, 0.25) is 0 Å². The number of aliphatic carboxylic acids is 1. The molecule has 1 aromatic heterocycles. The van der Waals surface area contributed by atoms with Crippen LogP contribution in [0.15, 0.2) is 0 Å². The Bertz CT molecular complexity index is 492. The maximum Gasteiger partial charge on any atom is 0.307 e. The van der Waals surface area contributed by atoms with Crippen molar-refractivity contribution in [2.45, 2.75) is 46.2 Å². The Morgan fingerprint density at radius 2 is 2.25 bits per heavy atom. The smallest absolute Gasteiger partial charge is 0.307 e. The Morgan fingerprint density at radius 1 is 1.55 bits per heavy atom. The summed E-state index contributed by atoms with van der Waals surface area (Å²) in [5.41, 5.74) is 0.535. The van der Waals surface area contributed by atoms with Crippen LogP contribution < -0.4 is 5.32 Å². The lowest BCUT2D eigenvalue weighted by Crippen LogP contribution is -2.50. The lowest BCUT2D eigenvalue weighted by Gasteiger charge is -2.46. The van der Waals surface area contributed by atoms with Crippen molar-refractivity contribution in [3.8, 4) is 0 Å². The predicted molar refractivity (Wildman–Crippen MR) is 78.9 cm³/mol. The van der Waals surface area contributed by atoms with Crippen molar-refractivity contribution in [3.63, 3.8) is 0 Å². The minimum Gasteiger partial charge on any atom is -0.481 e. The van der Waals surface area contributed by atoms with Crippen molar-refractivity contribution in [1.29, 1.82) is 0 Å². The Morgan fingerprint density at radius 3 is 2.80 bits per heavy atom. The number of nitrogens with zero attached hydrogens (tertiary/aromatic N) is 2. The van der Waals surface area contributed by atoms with Crippen LogP contribution in [0.4, 0.5) is 0 Å². The maximum atomic E-state index is 11.4. The molecule has 1 aliphatic carbocycles.